The molecule has 6 aromatic carbocycles. The van der Waals surface area contributed by atoms with Gasteiger partial charge in [-0.3, -0.25) is 28.8 Å². The van der Waals surface area contributed by atoms with Crippen molar-refractivity contribution in [2.45, 2.75) is 40.0 Å². The number of hydrogen-bond acceptors (Lipinski definition) is 10. The lowest BCUT2D eigenvalue weighted by Crippen LogP contribution is -2.26. The predicted molar refractivity (Wildman–Crippen MR) is 264 cm³/mol. The van der Waals surface area contributed by atoms with Crippen LogP contribution in [0, 0.1) is 6.92 Å². The van der Waals surface area contributed by atoms with Gasteiger partial charge in [-0.15, -0.1) is 0 Å². The molecule has 4 N–H and O–H groups in total. The molecule has 0 atom stereocenters. The highest BCUT2D eigenvalue weighted by molar-refractivity contribution is 6.13. The summed E-state index contributed by atoms with van der Waals surface area (Å²) in [5.41, 5.74) is 3.04. The van der Waals surface area contributed by atoms with Gasteiger partial charge in [0.1, 0.15) is 0 Å². The maximum Gasteiger partial charge on any atom is 0.339 e. The van der Waals surface area contributed by atoms with Gasteiger partial charge in [-0.2, -0.15) is 0 Å². The van der Waals surface area contributed by atoms with E-state index in [1.807, 2.05) is 57.2 Å². The molecular weight excluding hydrogens is 877 g/mol. The number of aryl methyl sites for hydroxylation is 1. The molecule has 0 aliphatic heterocycles. The molecule has 4 amide bonds. The van der Waals surface area contributed by atoms with Crippen LogP contribution in [0.4, 0.5) is 17.1 Å². The fourth-order valence-electron chi connectivity index (χ4n) is 7.09. The predicted octanol–water partition coefficient (Wildman–Crippen LogP) is 9.19. The van der Waals surface area contributed by atoms with Crippen molar-refractivity contribution in [1.82, 2.24) is 5.32 Å². The SMILES string of the molecule is C=C(C)C(=O)COC(=O)c1ccc(C(C)(C)c2ccc(C(=O)OCC(=O)C(=C)C)c(C(=O)Nc3cccc(C(=O)Nc4ccc5cc(NC(=O)c6cccc(C)c6)ccc5c4)c3)c2)cc1C(=O)NC. The first-order chi connectivity index (χ1) is 32.7. The molecule has 0 bridgehead atoms. The quantitative estimate of drug-likeness (QED) is 0.0504. The van der Waals surface area contributed by atoms with Gasteiger partial charge in [0.15, 0.2) is 24.8 Å². The van der Waals surface area contributed by atoms with Gasteiger partial charge in [-0.25, -0.2) is 9.59 Å². The minimum Gasteiger partial charge on any atom is -0.454 e. The molecule has 0 aliphatic rings. The van der Waals surface area contributed by atoms with Gasteiger partial charge in [-0.05, 0) is 133 Å². The number of nitrogens with one attached hydrogen (secondary N) is 4. The molecule has 0 unspecified atom stereocenters. The molecule has 0 heterocycles. The number of Topliss-reactive ketones (excluding diaryl/α,β-unsaturated/α-hetero) is 2. The first-order valence-corrected chi connectivity index (χ1v) is 21.6. The van der Waals surface area contributed by atoms with E-state index < -0.39 is 59.9 Å². The highest BCUT2D eigenvalue weighted by Crippen LogP contribution is 2.35. The van der Waals surface area contributed by atoms with E-state index in [-0.39, 0.29) is 50.6 Å². The molecule has 6 rings (SSSR count). The Balaban J connectivity index is 1.24. The summed E-state index contributed by atoms with van der Waals surface area (Å²) < 4.78 is 10.5. The van der Waals surface area contributed by atoms with Crippen LogP contribution in [0.3, 0.4) is 0 Å². The Hall–Kier alpha value is -8.78. The fourth-order valence-corrected chi connectivity index (χ4v) is 7.09. The fraction of sp³-hybridized carbons (Fsp3) is 0.164. The Morgan fingerprint density at radius 2 is 0.928 bits per heavy atom. The molecular formula is C55H50N4O10. The number of hydrogen-bond donors (Lipinski definition) is 4. The molecule has 0 spiro atoms. The number of benzene rings is 6. The zero-order valence-electron chi connectivity index (χ0n) is 39.0. The van der Waals surface area contributed by atoms with Crippen LogP contribution in [0.2, 0.25) is 0 Å². The molecule has 6 aromatic rings. The Kier molecular flexibility index (Phi) is 15.3. The second-order valence-corrected chi connectivity index (χ2v) is 16.9. The highest BCUT2D eigenvalue weighted by Gasteiger charge is 2.30. The van der Waals surface area contributed by atoms with Crippen LogP contribution >= 0.6 is 0 Å². The third kappa shape index (κ3) is 12.0. The van der Waals surface area contributed by atoms with Gasteiger partial charge < -0.3 is 30.7 Å². The molecule has 0 saturated heterocycles. The number of esters is 2. The molecule has 0 aromatic heterocycles. The van der Waals surface area contributed by atoms with E-state index in [9.17, 15) is 38.4 Å². The van der Waals surface area contributed by atoms with Crippen molar-refractivity contribution in [2.75, 3.05) is 36.2 Å². The van der Waals surface area contributed by atoms with Crippen LogP contribution in [0.15, 0.2) is 146 Å². The largest absolute Gasteiger partial charge is 0.454 e. The van der Waals surface area contributed by atoms with E-state index in [1.54, 1.807) is 54.6 Å². The van der Waals surface area contributed by atoms with Crippen molar-refractivity contribution in [2.24, 2.45) is 0 Å². The molecule has 14 heteroatoms. The van der Waals surface area contributed by atoms with E-state index in [1.165, 1.54) is 51.2 Å². The maximum absolute atomic E-state index is 14.3. The summed E-state index contributed by atoms with van der Waals surface area (Å²) in [5.74, 6) is -4.90. The van der Waals surface area contributed by atoms with Crippen molar-refractivity contribution in [3.63, 3.8) is 0 Å². The van der Waals surface area contributed by atoms with E-state index >= 15 is 0 Å². The van der Waals surface area contributed by atoms with E-state index in [4.69, 9.17) is 9.47 Å². The van der Waals surface area contributed by atoms with Gasteiger partial charge >= 0.3 is 11.9 Å². The Morgan fingerprint density at radius 1 is 0.493 bits per heavy atom. The van der Waals surface area contributed by atoms with Crippen molar-refractivity contribution in [1.29, 1.82) is 0 Å². The summed E-state index contributed by atoms with van der Waals surface area (Å²) in [5, 5.41) is 12.7. The third-order valence-corrected chi connectivity index (χ3v) is 11.3. The van der Waals surface area contributed by atoms with Crippen molar-refractivity contribution < 1.29 is 47.8 Å². The number of ketones is 2. The molecule has 350 valence electrons. The van der Waals surface area contributed by atoms with Gasteiger partial charge in [-0.1, -0.05) is 75.0 Å². The molecule has 0 aliphatic carbocycles. The average molecular weight is 927 g/mol. The number of anilines is 3. The second-order valence-electron chi connectivity index (χ2n) is 16.9. The van der Waals surface area contributed by atoms with Crippen molar-refractivity contribution >= 4 is 75.0 Å². The van der Waals surface area contributed by atoms with Crippen LogP contribution in [-0.2, 0) is 24.5 Å². The summed E-state index contributed by atoms with van der Waals surface area (Å²) in [7, 11) is 1.40. The van der Waals surface area contributed by atoms with Crippen LogP contribution in [0.5, 0.6) is 0 Å². The summed E-state index contributed by atoms with van der Waals surface area (Å²) in [6, 6.07) is 33.2. The number of carbonyl (C=O) groups excluding carboxylic acids is 8. The van der Waals surface area contributed by atoms with Gasteiger partial charge in [0.2, 0.25) is 0 Å². The number of amides is 4. The zero-order chi connectivity index (χ0) is 50.2. The monoisotopic (exact) mass is 926 g/mol. The van der Waals surface area contributed by atoms with Gasteiger partial charge in [0.05, 0.1) is 22.3 Å². The van der Waals surface area contributed by atoms with Crippen LogP contribution in [0.1, 0.15) is 107 Å². The maximum atomic E-state index is 14.3. The van der Waals surface area contributed by atoms with E-state index in [0.717, 1.165) is 16.3 Å². The lowest BCUT2D eigenvalue weighted by molar-refractivity contribution is -0.119. The number of rotatable bonds is 17. The van der Waals surface area contributed by atoms with Crippen LogP contribution in [-0.4, -0.2) is 67.4 Å². The van der Waals surface area contributed by atoms with Crippen LogP contribution in [0.25, 0.3) is 10.8 Å². The number of carbonyl (C=O) groups is 8. The lowest BCUT2D eigenvalue weighted by atomic mass is 9.76. The van der Waals surface area contributed by atoms with Crippen molar-refractivity contribution in [3.8, 4) is 0 Å². The van der Waals surface area contributed by atoms with Crippen LogP contribution < -0.4 is 21.3 Å². The second kappa shape index (κ2) is 21.2. The zero-order valence-corrected chi connectivity index (χ0v) is 39.0. The molecule has 0 fully saturated rings. The molecule has 69 heavy (non-hydrogen) atoms. The summed E-state index contributed by atoms with van der Waals surface area (Å²) >= 11 is 0. The summed E-state index contributed by atoms with van der Waals surface area (Å²) in [4.78, 5) is 105. The highest BCUT2D eigenvalue weighted by atomic mass is 16.5. The normalized spacial score (nSPS) is 10.9. The standard InChI is InChI=1S/C55H50N4O10/c1-31(2)47(60)29-68-53(66)43-21-17-38(27-45(43)51(64)56-8)55(6,7)39-18-22-44(54(67)69-30-48(61)32(3)4)46(28-39)52(65)59-40-14-10-13-37(26-40)50(63)58-42-20-16-34-24-41(19-15-35(34)25-42)57-49(62)36-12-9-11-33(5)23-36/h9-28H,1,3,29-30H2,2,4-8H3,(H,56,64)(H,57,62)(H,58,63)(H,59,65). The Morgan fingerprint density at radius 3 is 1.39 bits per heavy atom. The molecule has 0 radical (unpaired) electrons. The van der Waals surface area contributed by atoms with E-state index in [0.29, 0.717) is 28.1 Å². The summed E-state index contributed by atoms with van der Waals surface area (Å²) in [6.07, 6.45) is 0. The Bertz CT molecular complexity index is 3130. The average Bonchev–Trinajstić information content (AvgIpc) is 3.33. The summed E-state index contributed by atoms with van der Waals surface area (Å²) in [6.45, 7) is 14.5. The minimum atomic E-state index is -0.991. The minimum absolute atomic E-state index is 0.0317. The Labute approximate surface area is 398 Å². The van der Waals surface area contributed by atoms with E-state index in [2.05, 4.69) is 34.4 Å². The molecule has 14 nitrogen and oxygen atoms in total. The smallest absolute Gasteiger partial charge is 0.339 e. The molecule has 0 saturated carbocycles. The third-order valence-electron chi connectivity index (χ3n) is 11.3. The first kappa shape index (κ1) is 49.6. The number of fused-ring (bicyclic) bond motifs is 1. The van der Waals surface area contributed by atoms with Gasteiger partial charge in [0.25, 0.3) is 23.6 Å². The lowest BCUT2D eigenvalue weighted by Gasteiger charge is -2.28. The topological polar surface area (TPSA) is 203 Å². The van der Waals surface area contributed by atoms with Gasteiger partial charge in [0, 0.05) is 40.7 Å². The van der Waals surface area contributed by atoms with Crippen molar-refractivity contribution in [3.05, 3.63) is 196 Å². The first-order valence-electron chi connectivity index (χ1n) is 21.6. The number of ether oxygens (including phenoxy) is 2.